The number of hydrogen-bond donors (Lipinski definition) is 2. The maximum atomic E-state index is 12.4. The summed E-state index contributed by atoms with van der Waals surface area (Å²) in [4.78, 5) is 16.5. The van der Waals surface area contributed by atoms with Gasteiger partial charge in [-0.25, -0.2) is 0 Å². The van der Waals surface area contributed by atoms with Gasteiger partial charge >= 0.3 is 0 Å². The van der Waals surface area contributed by atoms with Crippen molar-refractivity contribution in [2.24, 2.45) is 0 Å². The number of para-hydroxylation sites is 1. The van der Waals surface area contributed by atoms with Gasteiger partial charge in [-0.15, -0.1) is 11.3 Å². The number of carbonyl (C=O) groups excluding carboxylic acids is 1. The Morgan fingerprint density at radius 2 is 2.15 bits per heavy atom. The van der Waals surface area contributed by atoms with E-state index in [4.69, 9.17) is 11.6 Å². The van der Waals surface area contributed by atoms with Crippen LogP contribution in [0.15, 0.2) is 42.6 Å². The van der Waals surface area contributed by atoms with Crippen molar-refractivity contribution >= 4 is 39.7 Å². The van der Waals surface area contributed by atoms with E-state index in [-0.39, 0.29) is 11.9 Å². The van der Waals surface area contributed by atoms with Crippen molar-refractivity contribution < 1.29 is 4.79 Å². The monoisotopic (exact) mass is 304 g/mol. The lowest BCUT2D eigenvalue weighted by Crippen LogP contribution is -2.26. The van der Waals surface area contributed by atoms with Gasteiger partial charge in [-0.05, 0) is 31.2 Å². The Morgan fingerprint density at radius 3 is 2.90 bits per heavy atom. The first-order chi connectivity index (χ1) is 9.65. The van der Waals surface area contributed by atoms with Gasteiger partial charge in [0.2, 0.25) is 0 Å². The van der Waals surface area contributed by atoms with E-state index in [0.717, 1.165) is 20.1 Å². The maximum Gasteiger partial charge on any atom is 0.253 e. The van der Waals surface area contributed by atoms with Gasteiger partial charge in [-0.3, -0.25) is 4.79 Å². The van der Waals surface area contributed by atoms with Crippen molar-refractivity contribution in [1.29, 1.82) is 0 Å². The van der Waals surface area contributed by atoms with Crippen LogP contribution >= 0.6 is 22.9 Å². The Labute approximate surface area is 125 Å². The molecule has 3 aromatic rings. The van der Waals surface area contributed by atoms with Gasteiger partial charge in [0.05, 0.1) is 21.5 Å². The highest BCUT2D eigenvalue weighted by atomic mass is 35.5. The fourth-order valence-electron chi connectivity index (χ4n) is 2.18. The minimum Gasteiger partial charge on any atom is -0.361 e. The quantitative estimate of drug-likeness (QED) is 0.741. The minimum atomic E-state index is -0.0879. The molecule has 0 aliphatic rings. The molecule has 0 bridgehead atoms. The molecule has 1 amide bonds. The molecular weight excluding hydrogens is 292 g/mol. The van der Waals surface area contributed by atoms with E-state index < -0.39 is 0 Å². The van der Waals surface area contributed by atoms with Crippen molar-refractivity contribution in [1.82, 2.24) is 10.3 Å². The second kappa shape index (κ2) is 5.31. The number of amides is 1. The zero-order valence-corrected chi connectivity index (χ0v) is 12.4. The lowest BCUT2D eigenvalue weighted by Gasteiger charge is -2.12. The van der Waals surface area contributed by atoms with Gasteiger partial charge in [0.25, 0.3) is 5.91 Å². The van der Waals surface area contributed by atoms with E-state index in [1.54, 1.807) is 0 Å². The number of halogens is 1. The Kier molecular flexibility index (Phi) is 3.51. The largest absolute Gasteiger partial charge is 0.361 e. The number of hydrogen-bond acceptors (Lipinski definition) is 2. The third-order valence-electron chi connectivity index (χ3n) is 3.20. The third-order valence-corrected chi connectivity index (χ3v) is 4.61. The zero-order valence-electron chi connectivity index (χ0n) is 10.8. The van der Waals surface area contributed by atoms with Crippen molar-refractivity contribution in [3.8, 4) is 0 Å². The normalized spacial score (nSPS) is 12.5. The van der Waals surface area contributed by atoms with Crippen molar-refractivity contribution in [3.05, 3.63) is 57.4 Å². The van der Waals surface area contributed by atoms with Crippen molar-refractivity contribution in [2.75, 3.05) is 0 Å². The van der Waals surface area contributed by atoms with Gasteiger partial charge in [0.15, 0.2) is 0 Å². The predicted octanol–water partition coefficient (Wildman–Crippen LogP) is 4.37. The number of fused-ring (bicyclic) bond motifs is 1. The number of aromatic nitrogens is 1. The minimum absolute atomic E-state index is 0.0646. The van der Waals surface area contributed by atoms with Crippen LogP contribution in [0.3, 0.4) is 0 Å². The second-order valence-electron chi connectivity index (χ2n) is 4.58. The van der Waals surface area contributed by atoms with Gasteiger partial charge in [0, 0.05) is 16.5 Å². The molecule has 1 atom stereocenters. The molecular formula is C15H13ClN2OS. The first-order valence-corrected chi connectivity index (χ1v) is 7.47. The summed E-state index contributed by atoms with van der Waals surface area (Å²) in [6, 6.07) is 11.4. The Hall–Kier alpha value is -1.78. The summed E-state index contributed by atoms with van der Waals surface area (Å²) in [5, 5.41) is 4.03. The van der Waals surface area contributed by atoms with Crippen LogP contribution in [0.5, 0.6) is 0 Å². The molecule has 0 saturated heterocycles. The Bertz CT molecular complexity index is 762. The maximum absolute atomic E-state index is 12.4. The van der Waals surface area contributed by atoms with Crippen molar-refractivity contribution in [3.63, 3.8) is 0 Å². The second-order valence-corrected chi connectivity index (χ2v) is 6.33. The van der Waals surface area contributed by atoms with Crippen LogP contribution in [0.25, 0.3) is 10.9 Å². The highest BCUT2D eigenvalue weighted by molar-refractivity contribution is 7.16. The molecule has 3 nitrogen and oxygen atoms in total. The lowest BCUT2D eigenvalue weighted by atomic mass is 10.1. The first kappa shape index (κ1) is 13.2. The van der Waals surface area contributed by atoms with Crippen LogP contribution in [-0.2, 0) is 0 Å². The fraction of sp³-hybridized carbons (Fsp3) is 0.133. The molecule has 0 aliphatic heterocycles. The van der Waals surface area contributed by atoms with E-state index in [1.807, 2.05) is 49.5 Å². The van der Waals surface area contributed by atoms with E-state index in [9.17, 15) is 4.79 Å². The molecule has 0 saturated carbocycles. The van der Waals surface area contributed by atoms with Gasteiger partial charge in [-0.2, -0.15) is 0 Å². The molecule has 0 radical (unpaired) electrons. The van der Waals surface area contributed by atoms with Crippen molar-refractivity contribution in [2.45, 2.75) is 13.0 Å². The first-order valence-electron chi connectivity index (χ1n) is 6.27. The van der Waals surface area contributed by atoms with Crippen LogP contribution < -0.4 is 5.32 Å². The van der Waals surface area contributed by atoms with E-state index in [0.29, 0.717) is 5.56 Å². The summed E-state index contributed by atoms with van der Waals surface area (Å²) in [7, 11) is 0. The molecule has 102 valence electrons. The molecule has 5 heteroatoms. The fourth-order valence-corrected chi connectivity index (χ4v) is 3.24. The van der Waals surface area contributed by atoms with E-state index in [1.165, 1.54) is 11.3 Å². The van der Waals surface area contributed by atoms with Gasteiger partial charge < -0.3 is 10.3 Å². The third kappa shape index (κ3) is 2.44. The molecule has 0 aliphatic carbocycles. The smallest absolute Gasteiger partial charge is 0.253 e. The van der Waals surface area contributed by atoms with Crippen LogP contribution in [-0.4, -0.2) is 10.9 Å². The molecule has 1 unspecified atom stereocenters. The number of thiophene rings is 1. The van der Waals surface area contributed by atoms with Gasteiger partial charge in [-0.1, -0.05) is 23.7 Å². The van der Waals surface area contributed by atoms with Crippen LogP contribution in [0.4, 0.5) is 0 Å². The average molecular weight is 305 g/mol. The number of nitrogens with one attached hydrogen (secondary N) is 2. The SMILES string of the molecule is CC(NC(=O)c1cccc2cc[nH]c12)c1ccc(Cl)s1. The molecule has 3 rings (SSSR count). The molecule has 0 fully saturated rings. The summed E-state index contributed by atoms with van der Waals surface area (Å²) < 4.78 is 0.729. The lowest BCUT2D eigenvalue weighted by molar-refractivity contribution is 0.0942. The number of rotatable bonds is 3. The standard InChI is InChI=1S/C15H13ClN2OS/c1-9(12-5-6-13(16)20-12)18-15(19)11-4-2-3-10-7-8-17-14(10)11/h2-9,17H,1H3,(H,18,19). The van der Waals surface area contributed by atoms with Crippen LogP contribution in [0.1, 0.15) is 28.2 Å². The zero-order chi connectivity index (χ0) is 14.1. The number of aromatic amines is 1. The molecule has 2 N–H and O–H groups in total. The van der Waals surface area contributed by atoms with E-state index in [2.05, 4.69) is 10.3 Å². The highest BCUT2D eigenvalue weighted by Crippen LogP contribution is 2.27. The summed E-state index contributed by atoms with van der Waals surface area (Å²) in [5.74, 6) is -0.0879. The van der Waals surface area contributed by atoms with Crippen LogP contribution in [0.2, 0.25) is 4.34 Å². The number of H-pyrrole nitrogens is 1. The Morgan fingerprint density at radius 1 is 1.30 bits per heavy atom. The molecule has 2 heterocycles. The van der Waals surface area contributed by atoms with Gasteiger partial charge in [0.1, 0.15) is 0 Å². The van der Waals surface area contributed by atoms with E-state index >= 15 is 0 Å². The summed E-state index contributed by atoms with van der Waals surface area (Å²) in [6.45, 7) is 1.95. The average Bonchev–Trinajstić information content (AvgIpc) is 3.06. The summed E-state index contributed by atoms with van der Waals surface area (Å²) in [5.41, 5.74) is 1.52. The molecule has 1 aromatic carbocycles. The number of carbonyl (C=O) groups is 1. The molecule has 20 heavy (non-hydrogen) atoms. The van der Waals surface area contributed by atoms with Crippen LogP contribution in [0, 0.1) is 0 Å². The summed E-state index contributed by atoms with van der Waals surface area (Å²) >= 11 is 7.40. The molecule has 0 spiro atoms. The number of benzene rings is 1. The summed E-state index contributed by atoms with van der Waals surface area (Å²) in [6.07, 6.45) is 1.84. The Balaban J connectivity index is 1.84. The highest BCUT2D eigenvalue weighted by Gasteiger charge is 2.15. The topological polar surface area (TPSA) is 44.9 Å². The molecule has 2 aromatic heterocycles. The predicted molar refractivity (Wildman–Crippen MR) is 83.5 cm³/mol.